The third-order valence-electron chi connectivity index (χ3n) is 5.09. The number of nitrogens with zero attached hydrogens (tertiary/aromatic N) is 1. The summed E-state index contributed by atoms with van der Waals surface area (Å²) >= 11 is 0. The Kier molecular flexibility index (Phi) is 8.24. The molecule has 1 aliphatic rings. The van der Waals surface area contributed by atoms with E-state index in [4.69, 9.17) is 4.74 Å². The Morgan fingerprint density at radius 3 is 2.44 bits per heavy atom. The van der Waals surface area contributed by atoms with Gasteiger partial charge >= 0.3 is 0 Å². The molecule has 0 spiro atoms. The number of hydrogen-bond acceptors (Lipinski definition) is 5. The summed E-state index contributed by atoms with van der Waals surface area (Å²) < 4.78 is 33.1. The lowest BCUT2D eigenvalue weighted by Gasteiger charge is -2.19. The van der Waals surface area contributed by atoms with Crippen LogP contribution in [-0.4, -0.2) is 50.8 Å². The van der Waals surface area contributed by atoms with Crippen molar-refractivity contribution in [3.05, 3.63) is 54.1 Å². The van der Waals surface area contributed by atoms with Crippen LogP contribution in [0.4, 0.5) is 5.69 Å². The molecule has 32 heavy (non-hydrogen) atoms. The molecule has 8 nitrogen and oxygen atoms in total. The van der Waals surface area contributed by atoms with E-state index in [0.29, 0.717) is 25.4 Å². The maximum absolute atomic E-state index is 13.1. The Morgan fingerprint density at radius 2 is 1.75 bits per heavy atom. The zero-order valence-electron chi connectivity index (χ0n) is 18.2. The minimum absolute atomic E-state index is 0.0511. The highest BCUT2D eigenvalue weighted by molar-refractivity contribution is 7.89. The average Bonchev–Trinajstić information content (AvgIpc) is 3.31. The van der Waals surface area contributed by atoms with Crippen molar-refractivity contribution in [2.24, 2.45) is 0 Å². The third-order valence-corrected chi connectivity index (χ3v) is 7.01. The molecule has 1 saturated heterocycles. The molecule has 0 unspecified atom stereocenters. The maximum atomic E-state index is 13.1. The summed E-state index contributed by atoms with van der Waals surface area (Å²) in [5, 5.41) is 5.43. The zero-order chi connectivity index (χ0) is 23.0. The number of carbonyl (C=O) groups excluding carboxylic acids is 2. The molecule has 0 aromatic heterocycles. The maximum Gasteiger partial charge on any atom is 0.246 e. The number of ether oxygens (including phenoxy) is 1. The van der Waals surface area contributed by atoms with Crippen molar-refractivity contribution in [2.75, 3.05) is 31.6 Å². The molecule has 1 aliphatic heterocycles. The molecule has 0 bridgehead atoms. The topological polar surface area (TPSA) is 105 Å². The van der Waals surface area contributed by atoms with Gasteiger partial charge in [-0.25, -0.2) is 8.42 Å². The number of rotatable bonds is 10. The largest absolute Gasteiger partial charge is 0.492 e. The van der Waals surface area contributed by atoms with Crippen LogP contribution in [-0.2, 0) is 26.0 Å². The molecule has 2 aromatic carbocycles. The van der Waals surface area contributed by atoms with E-state index in [-0.39, 0.29) is 41.8 Å². The van der Waals surface area contributed by atoms with Crippen molar-refractivity contribution in [3.63, 3.8) is 0 Å². The zero-order valence-corrected chi connectivity index (χ0v) is 19.0. The normalized spacial score (nSPS) is 14.2. The first-order chi connectivity index (χ1) is 15.4. The van der Waals surface area contributed by atoms with E-state index in [1.54, 1.807) is 19.1 Å². The molecule has 3 rings (SSSR count). The number of sulfonamides is 1. The van der Waals surface area contributed by atoms with Gasteiger partial charge in [-0.05, 0) is 43.5 Å². The molecule has 0 radical (unpaired) electrons. The first-order valence-electron chi connectivity index (χ1n) is 10.8. The lowest BCUT2D eigenvalue weighted by Crippen LogP contribution is -2.29. The summed E-state index contributed by atoms with van der Waals surface area (Å²) in [5.74, 6) is -0.215. The number of anilines is 1. The van der Waals surface area contributed by atoms with E-state index in [9.17, 15) is 18.0 Å². The van der Waals surface area contributed by atoms with E-state index >= 15 is 0 Å². The number of nitrogens with one attached hydrogen (secondary N) is 2. The van der Waals surface area contributed by atoms with Crippen LogP contribution in [0, 0.1) is 0 Å². The van der Waals surface area contributed by atoms with Gasteiger partial charge in [-0.2, -0.15) is 4.31 Å². The Labute approximate surface area is 189 Å². The summed E-state index contributed by atoms with van der Waals surface area (Å²) in [7, 11) is -3.71. The summed E-state index contributed by atoms with van der Waals surface area (Å²) in [4.78, 5) is 24.4. The van der Waals surface area contributed by atoms with E-state index in [0.717, 1.165) is 18.4 Å². The van der Waals surface area contributed by atoms with Gasteiger partial charge in [0.25, 0.3) is 0 Å². The van der Waals surface area contributed by atoms with Gasteiger partial charge in [-0.15, -0.1) is 0 Å². The number of amides is 2. The van der Waals surface area contributed by atoms with E-state index in [1.165, 1.54) is 10.4 Å². The van der Waals surface area contributed by atoms with Crippen molar-refractivity contribution in [1.82, 2.24) is 9.62 Å². The molecule has 2 aromatic rings. The second-order valence-corrected chi connectivity index (χ2v) is 9.42. The second kappa shape index (κ2) is 11.1. The van der Waals surface area contributed by atoms with Crippen LogP contribution >= 0.6 is 0 Å². The van der Waals surface area contributed by atoms with Gasteiger partial charge in [0.15, 0.2) is 0 Å². The molecule has 0 atom stereocenters. The summed E-state index contributed by atoms with van der Waals surface area (Å²) in [6.07, 6.45) is 1.98. The monoisotopic (exact) mass is 459 g/mol. The smallest absolute Gasteiger partial charge is 0.246 e. The predicted molar refractivity (Wildman–Crippen MR) is 122 cm³/mol. The van der Waals surface area contributed by atoms with Gasteiger partial charge in [0, 0.05) is 31.7 Å². The van der Waals surface area contributed by atoms with Crippen molar-refractivity contribution < 1.29 is 22.7 Å². The van der Waals surface area contributed by atoms with E-state index in [2.05, 4.69) is 10.6 Å². The summed E-state index contributed by atoms with van der Waals surface area (Å²) in [5.41, 5.74) is 1.27. The van der Waals surface area contributed by atoms with Crippen LogP contribution in [0.15, 0.2) is 53.4 Å². The average molecular weight is 460 g/mol. The molecule has 9 heteroatoms. The first kappa shape index (κ1) is 23.7. The summed E-state index contributed by atoms with van der Waals surface area (Å²) in [6, 6.07) is 14.0. The number of hydrogen-bond donors (Lipinski definition) is 2. The van der Waals surface area contributed by atoms with Gasteiger partial charge in [0.1, 0.15) is 10.6 Å². The predicted octanol–water partition coefficient (Wildman–Crippen LogP) is 2.56. The van der Waals surface area contributed by atoms with Crippen LogP contribution in [0.25, 0.3) is 0 Å². The standard InChI is InChI=1S/C23H29N3O5S/c1-2-31-20-11-10-19(17-21(20)32(29,30)26-14-6-7-15-26)25-22(27)12-13-24-23(28)16-18-8-4-3-5-9-18/h3-5,8-11,17H,2,6-7,12-16H2,1H3,(H,24,28)(H,25,27). The molecule has 2 amide bonds. The van der Waals surface area contributed by atoms with E-state index < -0.39 is 10.0 Å². The Morgan fingerprint density at radius 1 is 1.03 bits per heavy atom. The Balaban J connectivity index is 1.59. The minimum atomic E-state index is -3.71. The van der Waals surface area contributed by atoms with Gasteiger partial charge < -0.3 is 15.4 Å². The van der Waals surface area contributed by atoms with Crippen LogP contribution in [0.2, 0.25) is 0 Å². The SMILES string of the molecule is CCOc1ccc(NC(=O)CCNC(=O)Cc2ccccc2)cc1S(=O)(=O)N1CCCC1. The Bertz CT molecular complexity index is 1030. The second-order valence-electron chi connectivity index (χ2n) is 7.52. The quantitative estimate of drug-likeness (QED) is 0.568. The van der Waals surface area contributed by atoms with Crippen molar-refractivity contribution in [3.8, 4) is 5.75 Å². The molecule has 0 saturated carbocycles. The van der Waals surface area contributed by atoms with Crippen molar-refractivity contribution in [1.29, 1.82) is 0 Å². The van der Waals surface area contributed by atoms with Gasteiger partial charge in [0.2, 0.25) is 21.8 Å². The molecule has 1 heterocycles. The molecular formula is C23H29N3O5S. The van der Waals surface area contributed by atoms with Gasteiger partial charge in [-0.1, -0.05) is 30.3 Å². The van der Waals surface area contributed by atoms with Crippen LogP contribution in [0.1, 0.15) is 31.7 Å². The molecule has 2 N–H and O–H groups in total. The lowest BCUT2D eigenvalue weighted by atomic mass is 10.1. The van der Waals surface area contributed by atoms with Crippen LogP contribution in [0.5, 0.6) is 5.75 Å². The fraction of sp³-hybridized carbons (Fsp3) is 0.391. The highest BCUT2D eigenvalue weighted by Gasteiger charge is 2.30. The molecule has 0 aliphatic carbocycles. The Hall–Kier alpha value is -2.91. The highest BCUT2D eigenvalue weighted by atomic mass is 32.2. The fourth-order valence-electron chi connectivity index (χ4n) is 3.51. The first-order valence-corrected chi connectivity index (χ1v) is 12.2. The van der Waals surface area contributed by atoms with E-state index in [1.807, 2.05) is 30.3 Å². The molecule has 172 valence electrons. The van der Waals surface area contributed by atoms with Crippen LogP contribution in [0.3, 0.4) is 0 Å². The fourth-order valence-corrected chi connectivity index (χ4v) is 5.19. The molecule has 1 fully saturated rings. The third kappa shape index (κ3) is 6.30. The van der Waals surface area contributed by atoms with Crippen molar-refractivity contribution in [2.45, 2.75) is 37.5 Å². The lowest BCUT2D eigenvalue weighted by molar-refractivity contribution is -0.120. The summed E-state index contributed by atoms with van der Waals surface area (Å²) in [6.45, 7) is 3.26. The minimum Gasteiger partial charge on any atom is -0.492 e. The molecular weight excluding hydrogens is 430 g/mol. The number of carbonyl (C=O) groups is 2. The van der Waals surface area contributed by atoms with Crippen molar-refractivity contribution >= 4 is 27.5 Å². The van der Waals surface area contributed by atoms with Gasteiger partial charge in [0.05, 0.1) is 13.0 Å². The van der Waals surface area contributed by atoms with Crippen LogP contribution < -0.4 is 15.4 Å². The highest BCUT2D eigenvalue weighted by Crippen LogP contribution is 2.31. The van der Waals surface area contributed by atoms with Gasteiger partial charge in [-0.3, -0.25) is 9.59 Å². The number of benzene rings is 2.